The van der Waals surface area contributed by atoms with Crippen molar-refractivity contribution in [3.8, 4) is 0 Å². The fraction of sp³-hybridized carbons (Fsp3) is 0.615. The van der Waals surface area contributed by atoms with E-state index in [0.29, 0.717) is 0 Å². The third-order valence-corrected chi connectivity index (χ3v) is 3.54. The topological polar surface area (TPSA) is 26.0 Å². The summed E-state index contributed by atoms with van der Waals surface area (Å²) in [6.07, 6.45) is 12.2. The molecule has 0 bridgehead atoms. The molecule has 1 aromatic rings. The van der Waals surface area contributed by atoms with E-state index in [1.807, 2.05) is 0 Å². The molecule has 1 heterocycles. The predicted molar refractivity (Wildman–Crippen MR) is 59.6 cm³/mol. The van der Waals surface area contributed by atoms with Gasteiger partial charge < -0.3 is 4.52 Å². The highest BCUT2D eigenvalue weighted by molar-refractivity contribution is 5.65. The Morgan fingerprint density at radius 2 is 1.87 bits per heavy atom. The Kier molecular flexibility index (Phi) is 2.35. The molecule has 2 aliphatic rings. The van der Waals surface area contributed by atoms with Gasteiger partial charge in [0.1, 0.15) is 0 Å². The summed E-state index contributed by atoms with van der Waals surface area (Å²) in [6, 6.07) is 0. The van der Waals surface area contributed by atoms with Gasteiger partial charge in [0.05, 0.1) is 5.69 Å². The number of allylic oxidation sites excluding steroid dienone is 2. The Hall–Kier alpha value is -1.05. The summed E-state index contributed by atoms with van der Waals surface area (Å²) in [5.74, 6) is 1.12. The van der Waals surface area contributed by atoms with Crippen LogP contribution in [-0.2, 0) is 12.8 Å². The van der Waals surface area contributed by atoms with Crippen molar-refractivity contribution in [1.82, 2.24) is 5.16 Å². The van der Waals surface area contributed by atoms with Gasteiger partial charge in [0.25, 0.3) is 0 Å². The van der Waals surface area contributed by atoms with Crippen LogP contribution >= 0.6 is 0 Å². The quantitative estimate of drug-likeness (QED) is 0.698. The second kappa shape index (κ2) is 3.84. The molecule has 0 aliphatic heterocycles. The van der Waals surface area contributed by atoms with Gasteiger partial charge in [0.15, 0.2) is 5.76 Å². The molecule has 0 fully saturated rings. The van der Waals surface area contributed by atoms with Crippen LogP contribution in [0, 0.1) is 0 Å². The zero-order valence-corrected chi connectivity index (χ0v) is 9.09. The summed E-state index contributed by atoms with van der Waals surface area (Å²) in [6.45, 7) is 0. The van der Waals surface area contributed by atoms with Gasteiger partial charge >= 0.3 is 0 Å². The zero-order valence-electron chi connectivity index (χ0n) is 9.09. The van der Waals surface area contributed by atoms with Crippen LogP contribution in [0.3, 0.4) is 0 Å². The van der Waals surface area contributed by atoms with E-state index in [-0.39, 0.29) is 0 Å². The highest BCUT2D eigenvalue weighted by Gasteiger charge is 2.22. The molecule has 2 aliphatic carbocycles. The molecule has 0 aromatic carbocycles. The van der Waals surface area contributed by atoms with Gasteiger partial charge in [-0.1, -0.05) is 11.2 Å². The maximum absolute atomic E-state index is 5.54. The Labute approximate surface area is 90.3 Å². The third-order valence-electron chi connectivity index (χ3n) is 3.54. The molecule has 15 heavy (non-hydrogen) atoms. The van der Waals surface area contributed by atoms with Crippen molar-refractivity contribution in [3.63, 3.8) is 0 Å². The van der Waals surface area contributed by atoms with Crippen molar-refractivity contribution in [2.75, 3.05) is 0 Å². The highest BCUT2D eigenvalue weighted by Crippen LogP contribution is 2.33. The van der Waals surface area contributed by atoms with Crippen LogP contribution in [0.25, 0.3) is 5.57 Å². The van der Waals surface area contributed by atoms with Crippen molar-refractivity contribution in [2.45, 2.75) is 51.4 Å². The standard InChI is InChI=1S/C13H17NO/c1-2-6-10(7-3-1)13-11-8-4-5-9-12(11)14-15-13/h6H,1-5,7-9H2. The summed E-state index contributed by atoms with van der Waals surface area (Å²) in [5, 5.41) is 4.22. The minimum absolute atomic E-state index is 1.12. The Bertz CT molecular complexity index is 389. The third kappa shape index (κ3) is 1.62. The average molecular weight is 203 g/mol. The summed E-state index contributed by atoms with van der Waals surface area (Å²) in [5.41, 5.74) is 4.05. The van der Waals surface area contributed by atoms with Crippen molar-refractivity contribution in [2.24, 2.45) is 0 Å². The van der Waals surface area contributed by atoms with Gasteiger partial charge in [-0.15, -0.1) is 0 Å². The van der Waals surface area contributed by atoms with Crippen LogP contribution in [-0.4, -0.2) is 5.16 Å². The maximum atomic E-state index is 5.54. The molecule has 2 heteroatoms. The molecular formula is C13H17NO. The SMILES string of the molecule is C1=C(c2onc3c2CCCC3)CCCC1. The molecular weight excluding hydrogens is 186 g/mol. The van der Waals surface area contributed by atoms with Gasteiger partial charge in [-0.2, -0.15) is 0 Å². The molecule has 3 rings (SSSR count). The number of fused-ring (bicyclic) bond motifs is 1. The number of aryl methyl sites for hydroxylation is 1. The number of rotatable bonds is 1. The molecule has 1 aromatic heterocycles. The molecule has 0 atom stereocenters. The Balaban J connectivity index is 1.97. The number of hydrogen-bond donors (Lipinski definition) is 0. The van der Waals surface area contributed by atoms with E-state index in [9.17, 15) is 0 Å². The molecule has 80 valence electrons. The number of hydrogen-bond acceptors (Lipinski definition) is 2. The number of aromatic nitrogens is 1. The zero-order chi connectivity index (χ0) is 10.1. The molecule has 0 saturated carbocycles. The minimum Gasteiger partial charge on any atom is -0.356 e. The normalized spacial score (nSPS) is 20.9. The first-order valence-electron chi connectivity index (χ1n) is 6.12. The van der Waals surface area contributed by atoms with Gasteiger partial charge in [0, 0.05) is 5.56 Å². The van der Waals surface area contributed by atoms with Crippen molar-refractivity contribution >= 4 is 5.57 Å². The van der Waals surface area contributed by atoms with Crippen LogP contribution < -0.4 is 0 Å². The molecule has 0 radical (unpaired) electrons. The second-order valence-corrected chi connectivity index (χ2v) is 4.62. The minimum atomic E-state index is 1.12. The summed E-state index contributed by atoms with van der Waals surface area (Å²) >= 11 is 0. The van der Waals surface area contributed by atoms with Gasteiger partial charge in [0.2, 0.25) is 0 Å². The van der Waals surface area contributed by atoms with Gasteiger partial charge in [-0.3, -0.25) is 0 Å². The maximum Gasteiger partial charge on any atom is 0.165 e. The fourth-order valence-electron chi connectivity index (χ4n) is 2.69. The van der Waals surface area contributed by atoms with Crippen molar-refractivity contribution < 1.29 is 4.52 Å². The van der Waals surface area contributed by atoms with E-state index in [1.165, 1.54) is 61.8 Å². The largest absolute Gasteiger partial charge is 0.356 e. The lowest BCUT2D eigenvalue weighted by Gasteiger charge is -2.13. The molecule has 0 spiro atoms. The predicted octanol–water partition coefficient (Wildman–Crippen LogP) is 3.51. The highest BCUT2D eigenvalue weighted by atomic mass is 16.5. The monoisotopic (exact) mass is 203 g/mol. The van der Waals surface area contributed by atoms with E-state index in [0.717, 1.165) is 12.2 Å². The van der Waals surface area contributed by atoms with E-state index >= 15 is 0 Å². The smallest absolute Gasteiger partial charge is 0.165 e. The summed E-state index contributed by atoms with van der Waals surface area (Å²) in [7, 11) is 0. The molecule has 0 unspecified atom stereocenters. The first kappa shape index (κ1) is 9.20. The van der Waals surface area contributed by atoms with Crippen LogP contribution in [0.5, 0.6) is 0 Å². The van der Waals surface area contributed by atoms with Crippen LogP contribution in [0.15, 0.2) is 10.6 Å². The van der Waals surface area contributed by atoms with Crippen LogP contribution in [0.2, 0.25) is 0 Å². The van der Waals surface area contributed by atoms with Crippen molar-refractivity contribution in [1.29, 1.82) is 0 Å². The van der Waals surface area contributed by atoms with E-state index < -0.39 is 0 Å². The lowest BCUT2D eigenvalue weighted by Crippen LogP contribution is -2.03. The lowest BCUT2D eigenvalue weighted by atomic mass is 9.90. The molecule has 0 saturated heterocycles. The molecule has 0 amide bonds. The molecule has 2 nitrogen and oxygen atoms in total. The van der Waals surface area contributed by atoms with Crippen LogP contribution in [0.4, 0.5) is 0 Å². The van der Waals surface area contributed by atoms with Crippen LogP contribution in [0.1, 0.15) is 55.5 Å². The van der Waals surface area contributed by atoms with Gasteiger partial charge in [-0.05, 0) is 56.9 Å². The van der Waals surface area contributed by atoms with Gasteiger partial charge in [-0.25, -0.2) is 0 Å². The summed E-state index contributed by atoms with van der Waals surface area (Å²) in [4.78, 5) is 0. The summed E-state index contributed by atoms with van der Waals surface area (Å²) < 4.78 is 5.54. The fourth-order valence-corrected chi connectivity index (χ4v) is 2.69. The second-order valence-electron chi connectivity index (χ2n) is 4.62. The molecule has 0 N–H and O–H groups in total. The lowest BCUT2D eigenvalue weighted by molar-refractivity contribution is 0.400. The Morgan fingerprint density at radius 1 is 1.00 bits per heavy atom. The first-order valence-corrected chi connectivity index (χ1v) is 6.12. The average Bonchev–Trinajstić information content (AvgIpc) is 2.74. The first-order chi connectivity index (χ1) is 7.45. The Morgan fingerprint density at radius 3 is 2.73 bits per heavy atom. The van der Waals surface area contributed by atoms with E-state index in [4.69, 9.17) is 4.52 Å². The van der Waals surface area contributed by atoms with Crippen molar-refractivity contribution in [3.05, 3.63) is 23.1 Å². The van der Waals surface area contributed by atoms with E-state index in [2.05, 4.69) is 11.2 Å². The van der Waals surface area contributed by atoms with E-state index in [1.54, 1.807) is 0 Å². The number of nitrogens with zero attached hydrogens (tertiary/aromatic N) is 1.